The number of hydrogen-bond acceptors (Lipinski definition) is 4. The Labute approximate surface area is 189 Å². The molecule has 5 heteroatoms. The molecule has 0 amide bonds. The number of aromatic amines is 1. The van der Waals surface area contributed by atoms with Crippen LogP contribution in [0, 0.1) is 5.92 Å². The van der Waals surface area contributed by atoms with Gasteiger partial charge in [0.1, 0.15) is 5.82 Å². The molecule has 0 aliphatic carbocycles. The van der Waals surface area contributed by atoms with Crippen molar-refractivity contribution in [3.8, 4) is 22.6 Å². The smallest absolute Gasteiger partial charge is 0.159 e. The Hall–Kier alpha value is -3.31. The lowest BCUT2D eigenvalue weighted by Crippen LogP contribution is -2.33. The highest BCUT2D eigenvalue weighted by Gasteiger charge is 2.19. The molecule has 32 heavy (non-hydrogen) atoms. The molecule has 1 fully saturated rings. The fourth-order valence-corrected chi connectivity index (χ4v) is 4.45. The van der Waals surface area contributed by atoms with E-state index in [1.54, 1.807) is 0 Å². The maximum atomic E-state index is 4.79. The number of aromatic nitrogens is 4. The van der Waals surface area contributed by atoms with Gasteiger partial charge in [-0.05, 0) is 43.8 Å². The number of imidazole rings is 1. The van der Waals surface area contributed by atoms with Crippen molar-refractivity contribution in [2.45, 2.75) is 32.2 Å². The van der Waals surface area contributed by atoms with Crippen molar-refractivity contribution in [3.63, 3.8) is 0 Å². The van der Waals surface area contributed by atoms with Crippen LogP contribution in [0.4, 0.5) is 0 Å². The largest absolute Gasteiger partial charge is 0.348 e. The van der Waals surface area contributed by atoms with Gasteiger partial charge in [0.15, 0.2) is 5.82 Å². The number of rotatable bonds is 7. The topological polar surface area (TPSA) is 57.7 Å². The number of piperidine rings is 1. The van der Waals surface area contributed by atoms with Crippen LogP contribution in [0.3, 0.4) is 0 Å². The van der Waals surface area contributed by atoms with Gasteiger partial charge in [-0.2, -0.15) is 0 Å². The van der Waals surface area contributed by atoms with Crippen LogP contribution < -0.4 is 0 Å². The van der Waals surface area contributed by atoms with Gasteiger partial charge in [-0.25, -0.2) is 15.0 Å². The van der Waals surface area contributed by atoms with E-state index in [1.807, 2.05) is 48.9 Å². The summed E-state index contributed by atoms with van der Waals surface area (Å²) >= 11 is 0. The van der Waals surface area contributed by atoms with Gasteiger partial charge in [0.2, 0.25) is 0 Å². The van der Waals surface area contributed by atoms with E-state index >= 15 is 0 Å². The normalized spacial score (nSPS) is 15.1. The molecule has 1 N–H and O–H groups in total. The lowest BCUT2D eigenvalue weighted by molar-refractivity contribution is 0.172. The Morgan fingerprint density at radius 3 is 2.25 bits per heavy atom. The van der Waals surface area contributed by atoms with Crippen LogP contribution in [0.2, 0.25) is 0 Å². The predicted octanol–water partition coefficient (Wildman–Crippen LogP) is 5.38. The highest BCUT2D eigenvalue weighted by atomic mass is 15.1. The van der Waals surface area contributed by atoms with Gasteiger partial charge in [-0.3, -0.25) is 4.90 Å². The van der Waals surface area contributed by atoms with E-state index in [1.165, 1.54) is 37.9 Å². The van der Waals surface area contributed by atoms with Gasteiger partial charge in [0, 0.05) is 42.7 Å². The molecule has 0 unspecified atom stereocenters. The highest BCUT2D eigenvalue weighted by Crippen LogP contribution is 2.24. The van der Waals surface area contributed by atoms with Crippen molar-refractivity contribution < 1.29 is 0 Å². The Morgan fingerprint density at radius 1 is 0.844 bits per heavy atom. The van der Waals surface area contributed by atoms with Gasteiger partial charge >= 0.3 is 0 Å². The van der Waals surface area contributed by atoms with E-state index in [2.05, 4.69) is 50.2 Å². The molecule has 1 saturated heterocycles. The predicted molar refractivity (Wildman–Crippen MR) is 128 cm³/mol. The molecule has 0 bridgehead atoms. The molecule has 1 aliphatic rings. The second-order valence-corrected chi connectivity index (χ2v) is 8.64. The van der Waals surface area contributed by atoms with Crippen molar-refractivity contribution in [1.29, 1.82) is 0 Å². The average molecular weight is 424 g/mol. The molecule has 0 radical (unpaired) electrons. The third-order valence-corrected chi connectivity index (χ3v) is 6.36. The van der Waals surface area contributed by atoms with Crippen LogP contribution in [0.15, 0.2) is 79.3 Å². The summed E-state index contributed by atoms with van der Waals surface area (Å²) in [5, 5.41) is 0. The number of aryl methyl sites for hydroxylation is 1. The molecular formula is C27H29N5. The minimum absolute atomic E-state index is 0.740. The number of hydrogen-bond donors (Lipinski definition) is 1. The molecule has 4 aromatic rings. The van der Waals surface area contributed by atoms with E-state index < -0.39 is 0 Å². The summed E-state index contributed by atoms with van der Waals surface area (Å²) in [5.41, 5.74) is 4.30. The second kappa shape index (κ2) is 9.88. The molecule has 0 atom stereocenters. The number of likely N-dealkylation sites (tertiary alicyclic amines) is 1. The Balaban J connectivity index is 1.11. The number of nitrogens with one attached hydrogen (secondary N) is 1. The van der Waals surface area contributed by atoms with Crippen LogP contribution in [-0.4, -0.2) is 37.9 Å². The van der Waals surface area contributed by atoms with Gasteiger partial charge in [-0.15, -0.1) is 0 Å². The van der Waals surface area contributed by atoms with Crippen molar-refractivity contribution in [3.05, 3.63) is 90.6 Å². The zero-order chi connectivity index (χ0) is 21.6. The molecule has 5 nitrogen and oxygen atoms in total. The zero-order valence-electron chi connectivity index (χ0n) is 18.3. The summed E-state index contributed by atoms with van der Waals surface area (Å²) in [6.45, 7) is 3.45. The molecule has 0 saturated carbocycles. The minimum atomic E-state index is 0.740. The van der Waals surface area contributed by atoms with E-state index in [9.17, 15) is 0 Å². The quantitative estimate of drug-likeness (QED) is 0.434. The first kappa shape index (κ1) is 20.6. The summed E-state index contributed by atoms with van der Waals surface area (Å²) in [4.78, 5) is 19.8. The van der Waals surface area contributed by atoms with Crippen LogP contribution in [0.5, 0.6) is 0 Å². The molecule has 0 spiro atoms. The van der Waals surface area contributed by atoms with Crippen LogP contribution in [0.25, 0.3) is 22.6 Å². The van der Waals surface area contributed by atoms with Crippen molar-refractivity contribution in [1.82, 2.24) is 24.8 Å². The van der Waals surface area contributed by atoms with Gasteiger partial charge in [0.05, 0.1) is 5.69 Å². The first-order valence-electron chi connectivity index (χ1n) is 11.5. The Kier molecular flexibility index (Phi) is 6.35. The minimum Gasteiger partial charge on any atom is -0.348 e. The van der Waals surface area contributed by atoms with E-state index in [-0.39, 0.29) is 0 Å². The van der Waals surface area contributed by atoms with E-state index in [0.29, 0.717) is 0 Å². The van der Waals surface area contributed by atoms with Crippen molar-refractivity contribution >= 4 is 0 Å². The number of benzene rings is 2. The van der Waals surface area contributed by atoms with E-state index in [0.717, 1.165) is 47.4 Å². The first-order valence-corrected chi connectivity index (χ1v) is 11.5. The van der Waals surface area contributed by atoms with Crippen molar-refractivity contribution in [2.75, 3.05) is 13.1 Å². The number of H-pyrrole nitrogens is 1. The summed E-state index contributed by atoms with van der Waals surface area (Å²) in [6.07, 6.45) is 10.4. The fraction of sp³-hybridized carbons (Fsp3) is 0.296. The fourth-order valence-electron chi connectivity index (χ4n) is 4.45. The summed E-state index contributed by atoms with van der Waals surface area (Å²) in [5.74, 6) is 2.58. The summed E-state index contributed by atoms with van der Waals surface area (Å²) < 4.78 is 0. The third-order valence-electron chi connectivity index (χ3n) is 6.36. The summed E-state index contributed by atoms with van der Waals surface area (Å²) in [6, 6.07) is 20.8. The molecule has 2 aromatic carbocycles. The monoisotopic (exact) mass is 423 g/mol. The van der Waals surface area contributed by atoms with Gasteiger partial charge < -0.3 is 4.98 Å². The van der Waals surface area contributed by atoms with Crippen molar-refractivity contribution in [2.24, 2.45) is 5.92 Å². The third kappa shape index (κ3) is 5.11. The van der Waals surface area contributed by atoms with Crippen LogP contribution in [0.1, 0.15) is 30.7 Å². The van der Waals surface area contributed by atoms with Crippen LogP contribution >= 0.6 is 0 Å². The SMILES string of the molecule is c1ccc(CN2CCC(CCc3nc(-c4cnc(-c5ccccc5)nc4)c[nH]3)CC2)cc1. The summed E-state index contributed by atoms with van der Waals surface area (Å²) in [7, 11) is 0. The Bertz CT molecular complexity index is 1100. The van der Waals surface area contributed by atoms with Crippen LogP contribution in [-0.2, 0) is 13.0 Å². The maximum absolute atomic E-state index is 4.79. The van der Waals surface area contributed by atoms with Gasteiger partial charge in [-0.1, -0.05) is 60.7 Å². The Morgan fingerprint density at radius 2 is 1.53 bits per heavy atom. The zero-order valence-corrected chi connectivity index (χ0v) is 18.3. The average Bonchev–Trinajstić information content (AvgIpc) is 3.34. The standard InChI is InChI=1S/C27H29N5/c1-3-7-22(8-4-1)20-32-15-13-21(14-16-32)11-12-26-28-19-25(31-26)24-17-29-27(30-18-24)23-9-5-2-6-10-23/h1-10,17-19,21H,11-16,20H2,(H,28,31). The highest BCUT2D eigenvalue weighted by molar-refractivity contribution is 5.60. The molecule has 5 rings (SSSR count). The van der Waals surface area contributed by atoms with Gasteiger partial charge in [0.25, 0.3) is 0 Å². The molecular weight excluding hydrogens is 394 g/mol. The first-order chi connectivity index (χ1) is 15.8. The second-order valence-electron chi connectivity index (χ2n) is 8.64. The van der Waals surface area contributed by atoms with E-state index in [4.69, 9.17) is 4.98 Å². The molecule has 162 valence electrons. The number of nitrogens with zero attached hydrogens (tertiary/aromatic N) is 4. The molecule has 1 aliphatic heterocycles. The maximum Gasteiger partial charge on any atom is 0.159 e. The lowest BCUT2D eigenvalue weighted by Gasteiger charge is -2.31. The molecule has 3 heterocycles. The molecule has 2 aromatic heterocycles. The lowest BCUT2D eigenvalue weighted by atomic mass is 9.92.